The van der Waals surface area contributed by atoms with Crippen molar-refractivity contribution >= 4 is 0 Å². The normalized spacial score (nSPS) is 13.0. The van der Waals surface area contributed by atoms with Gasteiger partial charge in [-0.2, -0.15) is 0 Å². The fourth-order valence-electron chi connectivity index (χ4n) is 0.541. The van der Waals surface area contributed by atoms with E-state index in [1.165, 1.54) is 0 Å². The molecule has 6 nitrogen and oxygen atoms in total. The van der Waals surface area contributed by atoms with Gasteiger partial charge >= 0.3 is 0 Å². The summed E-state index contributed by atoms with van der Waals surface area (Å²) >= 11 is 0. The Labute approximate surface area is 89.7 Å². The van der Waals surface area contributed by atoms with Gasteiger partial charge in [-0.05, 0) is 6.92 Å². The van der Waals surface area contributed by atoms with Crippen molar-refractivity contribution in [3.05, 3.63) is 0 Å². The monoisotopic (exact) mass is 226 g/mol. The first-order valence-electron chi connectivity index (χ1n) is 4.62. The standard InChI is InChI=1S/C5H12O4.C4H10O2/c6-1-5(2-7,3-8)4-9;1-4(5)3-6-2/h6-9H,1-4H2;4-5H,3H2,1-2H3. The fraction of sp³-hybridized carbons (Fsp3) is 1.00. The molecule has 0 amide bonds. The van der Waals surface area contributed by atoms with Crippen LogP contribution < -0.4 is 0 Å². The number of aliphatic hydroxyl groups excluding tert-OH is 5. The molecular weight excluding hydrogens is 204 g/mol. The number of ether oxygens (including phenoxy) is 1. The maximum atomic E-state index is 8.50. The second-order valence-electron chi connectivity index (χ2n) is 3.44. The lowest BCUT2D eigenvalue weighted by atomic mass is 9.93. The molecule has 0 aromatic rings. The van der Waals surface area contributed by atoms with E-state index < -0.39 is 31.8 Å². The molecule has 6 heteroatoms. The first-order valence-corrected chi connectivity index (χ1v) is 4.62. The lowest BCUT2D eigenvalue weighted by Gasteiger charge is -2.23. The molecule has 15 heavy (non-hydrogen) atoms. The summed E-state index contributed by atoms with van der Waals surface area (Å²) in [4.78, 5) is 0. The van der Waals surface area contributed by atoms with Crippen molar-refractivity contribution < 1.29 is 30.3 Å². The third-order valence-electron chi connectivity index (χ3n) is 1.75. The average molecular weight is 226 g/mol. The quantitative estimate of drug-likeness (QED) is 0.357. The lowest BCUT2D eigenvalue weighted by Crippen LogP contribution is -2.37. The van der Waals surface area contributed by atoms with E-state index in [1.807, 2.05) is 0 Å². The summed E-state index contributed by atoms with van der Waals surface area (Å²) in [6.45, 7) is 0.490. The van der Waals surface area contributed by atoms with E-state index in [1.54, 1.807) is 14.0 Å². The Kier molecular flexibility index (Phi) is 11.8. The molecule has 94 valence electrons. The highest BCUT2D eigenvalue weighted by Crippen LogP contribution is 2.11. The number of hydrogen-bond acceptors (Lipinski definition) is 6. The summed E-state index contributed by atoms with van der Waals surface area (Å²) < 4.78 is 4.55. The van der Waals surface area contributed by atoms with Crippen LogP contribution >= 0.6 is 0 Å². The lowest BCUT2D eigenvalue weighted by molar-refractivity contribution is -0.0328. The van der Waals surface area contributed by atoms with Crippen molar-refractivity contribution in [3.8, 4) is 0 Å². The van der Waals surface area contributed by atoms with E-state index in [9.17, 15) is 0 Å². The Hall–Kier alpha value is -0.240. The van der Waals surface area contributed by atoms with Crippen LogP contribution in [-0.2, 0) is 4.74 Å². The summed E-state index contributed by atoms with van der Waals surface area (Å²) in [6, 6.07) is 0. The minimum absolute atomic E-state index is 0.324. The van der Waals surface area contributed by atoms with Gasteiger partial charge in [-0.25, -0.2) is 0 Å². The molecule has 0 aliphatic carbocycles. The van der Waals surface area contributed by atoms with Crippen molar-refractivity contribution in [1.29, 1.82) is 0 Å². The highest BCUT2D eigenvalue weighted by atomic mass is 16.5. The number of aliphatic hydroxyl groups is 5. The number of rotatable bonds is 6. The molecule has 0 saturated carbocycles. The Balaban J connectivity index is 0. The van der Waals surface area contributed by atoms with Crippen molar-refractivity contribution in [2.24, 2.45) is 5.41 Å². The van der Waals surface area contributed by atoms with Gasteiger partial charge in [0.25, 0.3) is 0 Å². The molecule has 0 spiro atoms. The van der Waals surface area contributed by atoms with Crippen molar-refractivity contribution in [2.75, 3.05) is 40.1 Å². The summed E-state index contributed by atoms with van der Waals surface area (Å²) in [5.41, 5.74) is -1.11. The molecule has 0 bridgehead atoms. The Morgan fingerprint density at radius 2 is 1.33 bits per heavy atom. The van der Waals surface area contributed by atoms with Crippen LogP contribution in [0.25, 0.3) is 0 Å². The molecule has 0 aromatic heterocycles. The molecule has 0 saturated heterocycles. The van der Waals surface area contributed by atoms with E-state index >= 15 is 0 Å². The Morgan fingerprint density at radius 1 is 1.00 bits per heavy atom. The van der Waals surface area contributed by atoms with Gasteiger partial charge in [0.15, 0.2) is 0 Å². The van der Waals surface area contributed by atoms with Gasteiger partial charge < -0.3 is 30.3 Å². The molecule has 0 fully saturated rings. The summed E-state index contributed by atoms with van der Waals surface area (Å²) in [5, 5.41) is 42.4. The molecular formula is C9H22O6. The van der Waals surface area contributed by atoms with E-state index in [2.05, 4.69) is 4.74 Å². The van der Waals surface area contributed by atoms with E-state index in [4.69, 9.17) is 25.5 Å². The zero-order chi connectivity index (χ0) is 12.3. The third-order valence-corrected chi connectivity index (χ3v) is 1.75. The third kappa shape index (κ3) is 8.73. The Morgan fingerprint density at radius 3 is 1.33 bits per heavy atom. The van der Waals surface area contributed by atoms with Gasteiger partial charge in [-0.15, -0.1) is 0 Å². The minimum Gasteiger partial charge on any atom is -0.396 e. The van der Waals surface area contributed by atoms with Crippen molar-refractivity contribution in [3.63, 3.8) is 0 Å². The van der Waals surface area contributed by atoms with Crippen molar-refractivity contribution in [2.45, 2.75) is 13.0 Å². The molecule has 1 atom stereocenters. The van der Waals surface area contributed by atoms with Crippen LogP contribution in [0.3, 0.4) is 0 Å². The molecule has 0 aromatic carbocycles. The molecule has 0 heterocycles. The van der Waals surface area contributed by atoms with E-state index in [0.29, 0.717) is 6.61 Å². The predicted octanol–water partition coefficient (Wildman–Crippen LogP) is -2.04. The van der Waals surface area contributed by atoms with Crippen molar-refractivity contribution in [1.82, 2.24) is 0 Å². The SMILES string of the molecule is COCC(C)O.OCC(CO)(CO)CO. The smallest absolute Gasteiger partial charge is 0.0745 e. The van der Waals surface area contributed by atoms with Crippen LogP contribution in [0.1, 0.15) is 6.92 Å². The van der Waals surface area contributed by atoms with Crippen LogP contribution in [-0.4, -0.2) is 71.8 Å². The topological polar surface area (TPSA) is 110 Å². The van der Waals surface area contributed by atoms with Crippen LogP contribution in [0, 0.1) is 5.41 Å². The number of methoxy groups -OCH3 is 1. The molecule has 0 aliphatic rings. The first-order chi connectivity index (χ1) is 7.01. The summed E-state index contributed by atoms with van der Waals surface area (Å²) in [7, 11) is 1.56. The number of hydrogen-bond donors (Lipinski definition) is 5. The molecule has 5 N–H and O–H groups in total. The summed E-state index contributed by atoms with van der Waals surface area (Å²) in [6.07, 6.45) is -0.324. The summed E-state index contributed by atoms with van der Waals surface area (Å²) in [5.74, 6) is 0. The highest BCUT2D eigenvalue weighted by Gasteiger charge is 2.26. The second kappa shape index (κ2) is 10.3. The zero-order valence-corrected chi connectivity index (χ0v) is 9.26. The zero-order valence-electron chi connectivity index (χ0n) is 9.26. The van der Waals surface area contributed by atoms with Crippen LogP contribution in [0.15, 0.2) is 0 Å². The first kappa shape index (κ1) is 17.2. The van der Waals surface area contributed by atoms with Gasteiger partial charge in [0.2, 0.25) is 0 Å². The molecule has 0 aliphatic heterocycles. The molecule has 1 unspecified atom stereocenters. The fourth-order valence-corrected chi connectivity index (χ4v) is 0.541. The average Bonchev–Trinajstić information content (AvgIpc) is 2.23. The predicted molar refractivity (Wildman–Crippen MR) is 54.3 cm³/mol. The van der Waals surface area contributed by atoms with Crippen LogP contribution in [0.2, 0.25) is 0 Å². The molecule has 0 rings (SSSR count). The van der Waals surface area contributed by atoms with Gasteiger partial charge in [-0.1, -0.05) is 0 Å². The largest absolute Gasteiger partial charge is 0.396 e. The van der Waals surface area contributed by atoms with Gasteiger partial charge in [0, 0.05) is 7.11 Å². The van der Waals surface area contributed by atoms with E-state index in [0.717, 1.165) is 0 Å². The maximum Gasteiger partial charge on any atom is 0.0745 e. The second-order valence-corrected chi connectivity index (χ2v) is 3.44. The molecule has 0 radical (unpaired) electrons. The van der Waals surface area contributed by atoms with Gasteiger partial charge in [0.1, 0.15) is 0 Å². The maximum absolute atomic E-state index is 8.50. The van der Waals surface area contributed by atoms with Crippen LogP contribution in [0.4, 0.5) is 0 Å². The van der Waals surface area contributed by atoms with Gasteiger partial charge in [-0.3, -0.25) is 0 Å². The minimum atomic E-state index is -1.11. The van der Waals surface area contributed by atoms with Crippen LogP contribution in [0.5, 0.6) is 0 Å². The van der Waals surface area contributed by atoms with Gasteiger partial charge in [0.05, 0.1) is 44.6 Å². The highest BCUT2D eigenvalue weighted by molar-refractivity contribution is 4.74. The Bertz CT molecular complexity index is 106. The van der Waals surface area contributed by atoms with E-state index in [-0.39, 0.29) is 6.10 Å².